The number of aromatic nitrogens is 2. The maximum Gasteiger partial charge on any atom is 0.319 e. The van der Waals surface area contributed by atoms with Gasteiger partial charge in [0.1, 0.15) is 5.82 Å². The minimum Gasteiger partial charge on any atom is -0.340 e. The molecule has 2 fully saturated rings. The molecule has 0 radical (unpaired) electrons. The summed E-state index contributed by atoms with van der Waals surface area (Å²) in [7, 11) is 0. The smallest absolute Gasteiger partial charge is 0.319 e. The van der Waals surface area contributed by atoms with Gasteiger partial charge in [0, 0.05) is 44.1 Å². The third kappa shape index (κ3) is 4.00. The molecule has 6 nitrogen and oxygen atoms in total. The summed E-state index contributed by atoms with van der Waals surface area (Å²) in [5.41, 5.74) is 5.93. The first-order chi connectivity index (χ1) is 11.9. The van der Waals surface area contributed by atoms with Crippen LogP contribution in [0.4, 0.5) is 8.78 Å². The van der Waals surface area contributed by atoms with E-state index in [2.05, 4.69) is 9.88 Å². The second-order valence-corrected chi connectivity index (χ2v) is 7.43. The highest BCUT2D eigenvalue weighted by Gasteiger charge is 2.40. The summed E-state index contributed by atoms with van der Waals surface area (Å²) in [5, 5.41) is 0. The Balaban J connectivity index is 1.55. The van der Waals surface area contributed by atoms with E-state index >= 15 is 0 Å². The van der Waals surface area contributed by atoms with Crippen LogP contribution in [-0.4, -0.2) is 57.0 Å². The van der Waals surface area contributed by atoms with E-state index in [4.69, 9.17) is 5.73 Å². The van der Waals surface area contributed by atoms with Crippen molar-refractivity contribution in [2.45, 2.75) is 51.2 Å². The SMILES string of the molecule is CC1(N)CCCCC1C(=O)N1CCN(Cc2nccn2C(F)F)CC1. The van der Waals surface area contributed by atoms with Gasteiger partial charge in [-0.05, 0) is 19.8 Å². The Kier molecular flexibility index (Phi) is 5.38. The molecule has 1 aromatic heterocycles. The minimum absolute atomic E-state index is 0.106. The van der Waals surface area contributed by atoms with Crippen LogP contribution in [0.15, 0.2) is 12.4 Å². The second kappa shape index (κ2) is 7.37. The van der Waals surface area contributed by atoms with Crippen LogP contribution < -0.4 is 5.73 Å². The molecule has 1 saturated heterocycles. The number of nitrogens with two attached hydrogens (primary N) is 1. The van der Waals surface area contributed by atoms with Gasteiger partial charge in [0.2, 0.25) is 5.91 Å². The quantitative estimate of drug-likeness (QED) is 0.895. The van der Waals surface area contributed by atoms with Gasteiger partial charge in [0.05, 0.1) is 12.5 Å². The molecule has 2 aliphatic rings. The summed E-state index contributed by atoms with van der Waals surface area (Å²) >= 11 is 0. The lowest BCUT2D eigenvalue weighted by Gasteiger charge is -2.42. The predicted molar refractivity (Wildman–Crippen MR) is 89.9 cm³/mol. The maximum atomic E-state index is 12.9. The van der Waals surface area contributed by atoms with E-state index in [1.165, 1.54) is 12.4 Å². The molecule has 2 heterocycles. The van der Waals surface area contributed by atoms with Gasteiger partial charge in [-0.15, -0.1) is 0 Å². The number of imidazole rings is 1. The van der Waals surface area contributed by atoms with Crippen LogP contribution in [0.1, 0.15) is 45.0 Å². The molecule has 2 N–H and O–H groups in total. The van der Waals surface area contributed by atoms with Crippen molar-refractivity contribution in [3.63, 3.8) is 0 Å². The molecule has 0 spiro atoms. The lowest BCUT2D eigenvalue weighted by Crippen LogP contribution is -2.57. The van der Waals surface area contributed by atoms with E-state index in [9.17, 15) is 13.6 Å². The number of halogens is 2. The second-order valence-electron chi connectivity index (χ2n) is 7.43. The molecular formula is C17H27F2N5O. The van der Waals surface area contributed by atoms with Gasteiger partial charge in [-0.25, -0.2) is 4.98 Å². The fraction of sp³-hybridized carbons (Fsp3) is 0.765. The van der Waals surface area contributed by atoms with E-state index in [0.717, 1.165) is 30.3 Å². The number of alkyl halides is 2. The van der Waals surface area contributed by atoms with Crippen molar-refractivity contribution in [1.29, 1.82) is 0 Å². The van der Waals surface area contributed by atoms with Crippen LogP contribution in [0.2, 0.25) is 0 Å². The Hall–Kier alpha value is -1.54. The number of hydrogen-bond acceptors (Lipinski definition) is 4. The van der Waals surface area contributed by atoms with Gasteiger partial charge >= 0.3 is 6.55 Å². The first-order valence-corrected chi connectivity index (χ1v) is 8.98. The van der Waals surface area contributed by atoms with Crippen LogP contribution in [-0.2, 0) is 11.3 Å². The van der Waals surface area contributed by atoms with Crippen LogP contribution in [0, 0.1) is 5.92 Å². The first kappa shape index (κ1) is 18.3. The third-order valence-corrected chi connectivity index (χ3v) is 5.56. The number of piperazine rings is 1. The molecule has 0 bridgehead atoms. The Labute approximate surface area is 147 Å². The number of carbonyl (C=O) groups excluding carboxylic acids is 1. The normalized spacial score (nSPS) is 28.5. The third-order valence-electron chi connectivity index (χ3n) is 5.56. The van der Waals surface area contributed by atoms with Crippen LogP contribution in [0.3, 0.4) is 0 Å². The number of nitrogens with zero attached hydrogens (tertiary/aromatic N) is 4. The van der Waals surface area contributed by atoms with Crippen molar-refractivity contribution >= 4 is 5.91 Å². The molecule has 2 unspecified atom stereocenters. The average molecular weight is 355 g/mol. The summed E-state index contributed by atoms with van der Waals surface area (Å²) in [4.78, 5) is 20.8. The monoisotopic (exact) mass is 355 g/mol. The molecular weight excluding hydrogens is 328 g/mol. The molecule has 25 heavy (non-hydrogen) atoms. The van der Waals surface area contributed by atoms with E-state index < -0.39 is 12.1 Å². The molecule has 3 rings (SSSR count). The Morgan fingerprint density at radius 2 is 2.08 bits per heavy atom. The van der Waals surface area contributed by atoms with Crippen molar-refractivity contribution in [2.24, 2.45) is 11.7 Å². The summed E-state index contributed by atoms with van der Waals surface area (Å²) < 4.78 is 26.7. The molecule has 1 aliphatic heterocycles. The highest BCUT2D eigenvalue weighted by atomic mass is 19.3. The van der Waals surface area contributed by atoms with Crippen molar-refractivity contribution in [2.75, 3.05) is 26.2 Å². The highest BCUT2D eigenvalue weighted by molar-refractivity contribution is 5.80. The summed E-state index contributed by atoms with van der Waals surface area (Å²) in [6, 6.07) is 0. The van der Waals surface area contributed by atoms with Crippen LogP contribution in [0.5, 0.6) is 0 Å². The number of rotatable bonds is 4. The zero-order valence-corrected chi connectivity index (χ0v) is 14.7. The molecule has 1 aliphatic carbocycles. The molecule has 1 aromatic rings. The van der Waals surface area contributed by atoms with Crippen LogP contribution >= 0.6 is 0 Å². The van der Waals surface area contributed by atoms with Crippen molar-refractivity contribution in [3.05, 3.63) is 18.2 Å². The molecule has 1 amide bonds. The lowest BCUT2D eigenvalue weighted by molar-refractivity contribution is -0.140. The largest absolute Gasteiger partial charge is 0.340 e. The van der Waals surface area contributed by atoms with Crippen molar-refractivity contribution < 1.29 is 13.6 Å². The minimum atomic E-state index is -2.58. The zero-order valence-electron chi connectivity index (χ0n) is 14.7. The van der Waals surface area contributed by atoms with Gasteiger partial charge < -0.3 is 10.6 Å². The molecule has 0 aromatic carbocycles. The predicted octanol–water partition coefficient (Wildman–Crippen LogP) is 1.83. The van der Waals surface area contributed by atoms with Crippen molar-refractivity contribution in [3.8, 4) is 0 Å². The standard InChI is InChI=1S/C17H27F2N5O/c1-17(20)5-3-2-4-13(17)15(25)23-10-8-22(9-11-23)12-14-21-6-7-24(14)16(18)19/h6-7,13,16H,2-5,8-12,20H2,1H3. The lowest BCUT2D eigenvalue weighted by atomic mass is 9.74. The van der Waals surface area contributed by atoms with Gasteiger partial charge in [0.15, 0.2) is 0 Å². The Bertz CT molecular complexity index is 596. The van der Waals surface area contributed by atoms with Gasteiger partial charge in [-0.2, -0.15) is 8.78 Å². The van der Waals surface area contributed by atoms with Crippen LogP contribution in [0.25, 0.3) is 0 Å². The number of amides is 1. The fourth-order valence-electron chi connectivity index (χ4n) is 3.95. The van der Waals surface area contributed by atoms with E-state index in [0.29, 0.717) is 38.5 Å². The van der Waals surface area contributed by atoms with E-state index in [1.807, 2.05) is 11.8 Å². The fourth-order valence-corrected chi connectivity index (χ4v) is 3.95. The molecule has 2 atom stereocenters. The summed E-state index contributed by atoms with van der Waals surface area (Å²) in [6.07, 6.45) is 6.58. The average Bonchev–Trinajstić information content (AvgIpc) is 3.03. The maximum absolute atomic E-state index is 12.9. The van der Waals surface area contributed by atoms with E-state index in [-0.39, 0.29) is 11.8 Å². The zero-order chi connectivity index (χ0) is 18.0. The molecule has 1 saturated carbocycles. The molecule has 8 heteroatoms. The first-order valence-electron chi connectivity index (χ1n) is 8.98. The highest BCUT2D eigenvalue weighted by Crippen LogP contribution is 2.33. The number of carbonyl (C=O) groups is 1. The van der Waals surface area contributed by atoms with E-state index in [1.54, 1.807) is 0 Å². The Morgan fingerprint density at radius 1 is 1.36 bits per heavy atom. The van der Waals surface area contributed by atoms with Crippen molar-refractivity contribution in [1.82, 2.24) is 19.4 Å². The van der Waals surface area contributed by atoms with Gasteiger partial charge in [0.25, 0.3) is 0 Å². The summed E-state index contributed by atoms with van der Waals surface area (Å²) in [5.74, 6) is 0.403. The Morgan fingerprint density at radius 3 is 2.72 bits per heavy atom. The summed E-state index contributed by atoms with van der Waals surface area (Å²) in [6.45, 7) is 2.33. The van der Waals surface area contributed by atoms with Gasteiger partial charge in [-0.3, -0.25) is 14.3 Å². The number of hydrogen-bond donors (Lipinski definition) is 1. The molecule has 140 valence electrons. The topological polar surface area (TPSA) is 67.4 Å². The van der Waals surface area contributed by atoms with Gasteiger partial charge in [-0.1, -0.05) is 12.8 Å².